The van der Waals surface area contributed by atoms with E-state index in [9.17, 15) is 0 Å². The van der Waals surface area contributed by atoms with Gasteiger partial charge in [-0.1, -0.05) is 128 Å². The van der Waals surface area contributed by atoms with Crippen molar-refractivity contribution < 1.29 is 4.42 Å². The molecule has 0 fully saturated rings. The molecule has 274 valence electrons. The summed E-state index contributed by atoms with van der Waals surface area (Å²) in [6.07, 6.45) is 5.72. The fourth-order valence-corrected chi connectivity index (χ4v) is 9.44. The first-order chi connectivity index (χ1) is 28.6. The molecule has 0 radical (unpaired) electrons. The van der Waals surface area contributed by atoms with Crippen molar-refractivity contribution in [3.63, 3.8) is 0 Å². The van der Waals surface area contributed by atoms with Crippen LogP contribution in [-0.4, -0.2) is 9.13 Å². The molecule has 0 spiro atoms. The summed E-state index contributed by atoms with van der Waals surface area (Å²) in [5, 5.41) is 6.11. The molecule has 1 aliphatic rings. The lowest BCUT2D eigenvalue weighted by Gasteiger charge is -2.17. The summed E-state index contributed by atoms with van der Waals surface area (Å²) in [6, 6.07) is 66.2. The Morgan fingerprint density at radius 2 is 0.931 bits per heavy atom. The quantitative estimate of drug-likeness (QED) is 0.172. The van der Waals surface area contributed by atoms with Gasteiger partial charge in [0, 0.05) is 49.6 Å². The molecule has 1 unspecified atom stereocenters. The highest BCUT2D eigenvalue weighted by Crippen LogP contribution is 2.40. The maximum atomic E-state index is 6.11. The molecule has 0 N–H and O–H groups in total. The van der Waals surface area contributed by atoms with Crippen molar-refractivity contribution in [1.82, 2.24) is 9.13 Å². The minimum absolute atomic E-state index is 0.472. The first kappa shape index (κ1) is 32.8. The second-order valence-corrected chi connectivity index (χ2v) is 15.8. The average molecular weight is 743 g/mol. The third kappa shape index (κ3) is 5.13. The van der Waals surface area contributed by atoms with Gasteiger partial charge in [0.05, 0.1) is 16.6 Å². The van der Waals surface area contributed by atoms with Crippen molar-refractivity contribution >= 4 is 60.7 Å². The third-order valence-corrected chi connectivity index (χ3v) is 12.3. The lowest BCUT2D eigenvalue weighted by Crippen LogP contribution is -2.08. The van der Waals surface area contributed by atoms with Gasteiger partial charge in [0.2, 0.25) is 0 Å². The molecular weight excluding hydrogens is 705 g/mol. The molecule has 0 amide bonds. The number of para-hydroxylation sites is 2. The molecule has 11 aromatic rings. The van der Waals surface area contributed by atoms with Crippen molar-refractivity contribution in [2.75, 3.05) is 0 Å². The van der Waals surface area contributed by atoms with E-state index in [0.717, 1.165) is 34.0 Å². The highest BCUT2D eigenvalue weighted by atomic mass is 16.3. The Morgan fingerprint density at radius 3 is 1.71 bits per heavy atom. The zero-order valence-corrected chi connectivity index (χ0v) is 32.1. The van der Waals surface area contributed by atoms with Crippen LogP contribution < -0.4 is 0 Å². The van der Waals surface area contributed by atoms with Gasteiger partial charge in [-0.05, 0) is 119 Å². The van der Waals surface area contributed by atoms with Crippen LogP contribution in [0.5, 0.6) is 0 Å². The van der Waals surface area contributed by atoms with Gasteiger partial charge >= 0.3 is 0 Å². The number of fused-ring (bicyclic) bond motifs is 9. The third-order valence-electron chi connectivity index (χ3n) is 12.3. The van der Waals surface area contributed by atoms with E-state index in [0.29, 0.717) is 5.92 Å². The topological polar surface area (TPSA) is 23.0 Å². The number of hydrogen-bond acceptors (Lipinski definition) is 1. The molecule has 3 heteroatoms. The Labute approximate surface area is 336 Å². The molecule has 12 rings (SSSR count). The Morgan fingerprint density at radius 1 is 0.414 bits per heavy atom. The van der Waals surface area contributed by atoms with Gasteiger partial charge in [-0.3, -0.25) is 0 Å². The van der Waals surface area contributed by atoms with Gasteiger partial charge in [-0.2, -0.15) is 0 Å². The summed E-state index contributed by atoms with van der Waals surface area (Å²) < 4.78 is 11.0. The highest BCUT2D eigenvalue weighted by molar-refractivity contribution is 6.11. The fourth-order valence-electron chi connectivity index (χ4n) is 9.44. The molecular formula is C55H38N2O. The molecule has 3 aromatic heterocycles. The van der Waals surface area contributed by atoms with Gasteiger partial charge in [0.25, 0.3) is 0 Å². The van der Waals surface area contributed by atoms with Crippen LogP contribution in [0.4, 0.5) is 0 Å². The highest BCUT2D eigenvalue weighted by Gasteiger charge is 2.22. The summed E-state index contributed by atoms with van der Waals surface area (Å²) in [7, 11) is 0. The summed E-state index contributed by atoms with van der Waals surface area (Å²) >= 11 is 0. The molecule has 3 nitrogen and oxygen atoms in total. The first-order valence-electron chi connectivity index (χ1n) is 20.2. The lowest BCUT2D eigenvalue weighted by molar-refractivity contribution is 0.669. The van der Waals surface area contributed by atoms with Crippen LogP contribution in [0.15, 0.2) is 192 Å². The van der Waals surface area contributed by atoms with Crippen LogP contribution >= 0.6 is 0 Å². The molecule has 1 atom stereocenters. The first-order valence-corrected chi connectivity index (χ1v) is 20.2. The van der Waals surface area contributed by atoms with E-state index in [1.807, 2.05) is 12.1 Å². The summed E-state index contributed by atoms with van der Waals surface area (Å²) in [5.74, 6) is 0.472. The zero-order valence-electron chi connectivity index (χ0n) is 32.1. The van der Waals surface area contributed by atoms with E-state index in [1.54, 1.807) is 0 Å². The fraction of sp³-hybridized carbons (Fsp3) is 0.0545. The minimum atomic E-state index is 0.472. The van der Waals surface area contributed by atoms with Gasteiger partial charge in [0.15, 0.2) is 0 Å². The predicted molar refractivity (Wildman–Crippen MR) is 243 cm³/mol. The summed E-state index contributed by atoms with van der Waals surface area (Å²) in [6.45, 7) is 2.31. The van der Waals surface area contributed by atoms with Crippen LogP contribution in [0, 0.1) is 5.92 Å². The number of furan rings is 1. The van der Waals surface area contributed by atoms with Crippen molar-refractivity contribution in [2.45, 2.75) is 13.3 Å². The van der Waals surface area contributed by atoms with Gasteiger partial charge in [-0.25, -0.2) is 0 Å². The van der Waals surface area contributed by atoms with Crippen molar-refractivity contribution in [1.29, 1.82) is 0 Å². The number of aromatic nitrogens is 2. The lowest BCUT2D eigenvalue weighted by atomic mass is 9.93. The zero-order chi connectivity index (χ0) is 38.3. The second kappa shape index (κ2) is 12.8. The Kier molecular flexibility index (Phi) is 7.27. The maximum Gasteiger partial charge on any atom is 0.135 e. The molecule has 3 heterocycles. The van der Waals surface area contributed by atoms with E-state index < -0.39 is 0 Å². The van der Waals surface area contributed by atoms with Crippen LogP contribution in [0.1, 0.15) is 18.2 Å². The summed E-state index contributed by atoms with van der Waals surface area (Å²) in [5.41, 5.74) is 17.8. The normalized spacial score (nSPS) is 14.0. The largest absolute Gasteiger partial charge is 0.456 e. The van der Waals surface area contributed by atoms with Crippen LogP contribution in [-0.2, 0) is 6.42 Å². The molecule has 58 heavy (non-hydrogen) atoms. The van der Waals surface area contributed by atoms with Gasteiger partial charge in [-0.15, -0.1) is 0 Å². The molecule has 8 aromatic carbocycles. The van der Waals surface area contributed by atoms with Crippen molar-refractivity contribution in [3.8, 4) is 44.8 Å². The molecule has 0 bridgehead atoms. The Balaban J connectivity index is 0.937. The standard InChI is InChI=1S/C55H38N2O/c1-35-15-27-45-48-33-41(40-20-28-51-47(32-40)44-11-5-7-13-50(44)56(51)42-23-16-37(17-24-42)36-9-3-2-4-10-36)21-29-52(48)57(53(45)31-35)43-25-18-38(19-26-43)39-22-30-55-49(34-39)46-12-6-8-14-54(46)58-55/h2-30,32-35H,31H2,1H3. The predicted octanol–water partition coefficient (Wildman–Crippen LogP) is 14.8. The monoisotopic (exact) mass is 742 g/mol. The maximum absolute atomic E-state index is 6.11. The van der Waals surface area contributed by atoms with E-state index in [4.69, 9.17) is 4.42 Å². The van der Waals surface area contributed by atoms with Crippen molar-refractivity contribution in [2.24, 2.45) is 5.92 Å². The smallest absolute Gasteiger partial charge is 0.135 e. The van der Waals surface area contributed by atoms with Crippen LogP contribution in [0.2, 0.25) is 0 Å². The van der Waals surface area contributed by atoms with E-state index >= 15 is 0 Å². The second-order valence-electron chi connectivity index (χ2n) is 15.8. The molecule has 0 saturated carbocycles. The van der Waals surface area contributed by atoms with Crippen LogP contribution in [0.25, 0.3) is 105 Å². The Bertz CT molecular complexity index is 3410. The molecule has 1 aliphatic carbocycles. The molecule has 0 saturated heterocycles. The SMILES string of the molecule is CC1C=Cc2c(n(-c3ccc(-c4ccc5oc6ccccc6c5c4)cc3)c3ccc(-c4ccc5c(c4)c4ccccc4n5-c4ccc(-c5ccccc5)cc4)cc23)C1. The van der Waals surface area contributed by atoms with Gasteiger partial charge in [0.1, 0.15) is 11.2 Å². The minimum Gasteiger partial charge on any atom is -0.456 e. The molecule has 0 aliphatic heterocycles. The van der Waals surface area contributed by atoms with E-state index in [1.165, 1.54) is 83.0 Å². The Hall–Kier alpha value is -7.36. The van der Waals surface area contributed by atoms with E-state index in [2.05, 4.69) is 198 Å². The van der Waals surface area contributed by atoms with Crippen LogP contribution in [0.3, 0.4) is 0 Å². The average Bonchev–Trinajstić information content (AvgIpc) is 3.93. The number of benzene rings is 8. The van der Waals surface area contributed by atoms with E-state index in [-0.39, 0.29) is 0 Å². The van der Waals surface area contributed by atoms with Crippen molar-refractivity contribution in [3.05, 3.63) is 199 Å². The number of allylic oxidation sites excluding steroid dienone is 1. The van der Waals surface area contributed by atoms with Gasteiger partial charge < -0.3 is 13.6 Å². The number of hydrogen-bond donors (Lipinski definition) is 0. The number of nitrogens with zero attached hydrogens (tertiary/aromatic N) is 2. The number of rotatable bonds is 5. The summed E-state index contributed by atoms with van der Waals surface area (Å²) in [4.78, 5) is 0.